The molecule has 6 nitrogen and oxygen atoms in total. The molecule has 2 aromatic rings. The summed E-state index contributed by atoms with van der Waals surface area (Å²) in [6.45, 7) is 1.56. The van der Waals surface area contributed by atoms with Crippen molar-refractivity contribution < 1.29 is 19.1 Å². The monoisotopic (exact) mass is 263 g/mol. The van der Waals surface area contributed by atoms with Crippen molar-refractivity contribution in [3.8, 4) is 0 Å². The SMILES string of the molecule is CC(CC(=O)O)C(=O)c1ccc2c(c1)oc(=O)n2C. The fourth-order valence-corrected chi connectivity index (χ4v) is 1.93. The highest BCUT2D eigenvalue weighted by Crippen LogP contribution is 2.18. The fraction of sp³-hybridized carbons (Fsp3) is 0.308. The van der Waals surface area contributed by atoms with Crippen molar-refractivity contribution in [2.75, 3.05) is 0 Å². The van der Waals surface area contributed by atoms with Crippen molar-refractivity contribution in [2.24, 2.45) is 13.0 Å². The van der Waals surface area contributed by atoms with Crippen LogP contribution in [0.25, 0.3) is 11.1 Å². The van der Waals surface area contributed by atoms with Gasteiger partial charge in [0.05, 0.1) is 11.9 Å². The van der Waals surface area contributed by atoms with Gasteiger partial charge in [0.15, 0.2) is 11.4 Å². The molecule has 0 bridgehead atoms. The van der Waals surface area contributed by atoms with Crippen molar-refractivity contribution in [2.45, 2.75) is 13.3 Å². The number of benzene rings is 1. The molecule has 1 aromatic heterocycles. The number of aryl methyl sites for hydroxylation is 1. The Morgan fingerprint density at radius 3 is 2.74 bits per heavy atom. The molecule has 1 unspecified atom stereocenters. The summed E-state index contributed by atoms with van der Waals surface area (Å²) in [5.74, 6) is -2.42. The van der Waals surface area contributed by atoms with Gasteiger partial charge in [-0.1, -0.05) is 6.92 Å². The first-order valence-corrected chi connectivity index (χ1v) is 5.75. The maximum Gasteiger partial charge on any atom is 0.419 e. The van der Waals surface area contributed by atoms with Crippen LogP contribution >= 0.6 is 0 Å². The summed E-state index contributed by atoms with van der Waals surface area (Å²) < 4.78 is 6.33. The first-order chi connectivity index (χ1) is 8.90. The molecule has 0 amide bonds. The zero-order valence-electron chi connectivity index (χ0n) is 10.5. The molecule has 1 N–H and O–H groups in total. The number of carbonyl (C=O) groups is 2. The van der Waals surface area contributed by atoms with Crippen LogP contribution < -0.4 is 5.76 Å². The maximum absolute atomic E-state index is 12.0. The molecular formula is C13H13NO5. The van der Waals surface area contributed by atoms with E-state index < -0.39 is 17.6 Å². The van der Waals surface area contributed by atoms with Crippen molar-refractivity contribution in [1.82, 2.24) is 4.57 Å². The molecule has 0 aliphatic carbocycles. The summed E-state index contributed by atoms with van der Waals surface area (Å²) in [6.07, 6.45) is -0.227. The van der Waals surface area contributed by atoms with Crippen molar-refractivity contribution in [1.29, 1.82) is 0 Å². The van der Waals surface area contributed by atoms with E-state index >= 15 is 0 Å². The second kappa shape index (κ2) is 4.72. The Hall–Kier alpha value is -2.37. The molecule has 2 rings (SSSR count). The minimum atomic E-state index is -1.02. The summed E-state index contributed by atoms with van der Waals surface area (Å²) in [5, 5.41) is 8.68. The average Bonchev–Trinajstić information content (AvgIpc) is 2.63. The zero-order valence-corrected chi connectivity index (χ0v) is 10.5. The van der Waals surface area contributed by atoms with Crippen molar-refractivity contribution in [3.05, 3.63) is 34.3 Å². The van der Waals surface area contributed by atoms with Crippen LogP contribution in [0.3, 0.4) is 0 Å². The number of aliphatic carboxylic acids is 1. The van der Waals surface area contributed by atoms with Crippen LogP contribution in [0.4, 0.5) is 0 Å². The topological polar surface area (TPSA) is 89.5 Å². The van der Waals surface area contributed by atoms with Gasteiger partial charge in [-0.3, -0.25) is 14.2 Å². The average molecular weight is 263 g/mol. The van der Waals surface area contributed by atoms with Gasteiger partial charge >= 0.3 is 11.7 Å². The van der Waals surface area contributed by atoms with Gasteiger partial charge < -0.3 is 9.52 Å². The van der Waals surface area contributed by atoms with Crippen LogP contribution in [-0.2, 0) is 11.8 Å². The molecule has 19 heavy (non-hydrogen) atoms. The Bertz CT molecular complexity index is 709. The molecule has 1 aromatic carbocycles. The standard InChI is InChI=1S/C13H13NO5/c1-7(5-11(15)16)12(17)8-3-4-9-10(6-8)19-13(18)14(9)2/h3-4,6-7H,5H2,1-2H3,(H,15,16). The van der Waals surface area contributed by atoms with Gasteiger partial charge in [-0.05, 0) is 18.2 Å². The highest BCUT2D eigenvalue weighted by Gasteiger charge is 2.19. The Kier molecular flexibility index (Phi) is 3.25. The highest BCUT2D eigenvalue weighted by molar-refractivity contribution is 6.01. The summed E-state index contributed by atoms with van der Waals surface area (Å²) >= 11 is 0. The summed E-state index contributed by atoms with van der Waals surface area (Å²) in [4.78, 5) is 33.9. The van der Waals surface area contributed by atoms with Gasteiger partial charge in [0.25, 0.3) is 0 Å². The Labute approximate surface area is 108 Å². The van der Waals surface area contributed by atoms with Crippen LogP contribution in [-0.4, -0.2) is 21.4 Å². The fourth-order valence-electron chi connectivity index (χ4n) is 1.93. The van der Waals surface area contributed by atoms with Crippen molar-refractivity contribution in [3.63, 3.8) is 0 Å². The van der Waals surface area contributed by atoms with Gasteiger partial charge in [0, 0.05) is 18.5 Å². The number of carboxylic acid groups (broad SMARTS) is 1. The molecule has 6 heteroatoms. The van der Waals surface area contributed by atoms with E-state index in [1.165, 1.54) is 10.6 Å². The Morgan fingerprint density at radius 2 is 2.11 bits per heavy atom. The molecule has 0 saturated carbocycles. The van der Waals surface area contributed by atoms with E-state index in [4.69, 9.17) is 9.52 Å². The van der Waals surface area contributed by atoms with Gasteiger partial charge in [-0.2, -0.15) is 0 Å². The van der Waals surface area contributed by atoms with Crippen LogP contribution in [0.15, 0.2) is 27.4 Å². The van der Waals surface area contributed by atoms with Crippen LogP contribution in [0.5, 0.6) is 0 Å². The largest absolute Gasteiger partial charge is 0.481 e. The summed E-state index contributed by atoms with van der Waals surface area (Å²) in [7, 11) is 1.57. The number of oxazole rings is 1. The minimum absolute atomic E-state index is 0.227. The number of carboxylic acids is 1. The quantitative estimate of drug-likeness (QED) is 0.843. The Morgan fingerprint density at radius 1 is 1.42 bits per heavy atom. The van der Waals surface area contributed by atoms with E-state index in [1.807, 2.05) is 0 Å². The van der Waals surface area contributed by atoms with E-state index in [0.717, 1.165) is 0 Å². The highest BCUT2D eigenvalue weighted by atomic mass is 16.4. The number of fused-ring (bicyclic) bond motifs is 1. The third-order valence-electron chi connectivity index (χ3n) is 3.01. The number of hydrogen-bond donors (Lipinski definition) is 1. The number of Topliss-reactive ketones (excluding diaryl/α,β-unsaturated/α-hetero) is 1. The second-order valence-corrected chi connectivity index (χ2v) is 4.47. The lowest BCUT2D eigenvalue weighted by molar-refractivity contribution is -0.137. The maximum atomic E-state index is 12.0. The first-order valence-electron chi connectivity index (χ1n) is 5.75. The molecule has 0 spiro atoms. The molecule has 100 valence electrons. The molecule has 0 aliphatic rings. The number of nitrogens with zero attached hydrogens (tertiary/aromatic N) is 1. The van der Waals surface area contributed by atoms with E-state index in [-0.39, 0.29) is 12.2 Å². The van der Waals surface area contributed by atoms with Gasteiger partial charge in [-0.25, -0.2) is 4.79 Å². The number of hydrogen-bond acceptors (Lipinski definition) is 4. The molecule has 1 atom stereocenters. The van der Waals surface area contributed by atoms with E-state index in [0.29, 0.717) is 16.7 Å². The van der Waals surface area contributed by atoms with Gasteiger partial charge in [-0.15, -0.1) is 0 Å². The molecular weight excluding hydrogens is 250 g/mol. The van der Waals surface area contributed by atoms with E-state index in [1.54, 1.807) is 26.1 Å². The molecule has 0 aliphatic heterocycles. The lowest BCUT2D eigenvalue weighted by Gasteiger charge is -2.07. The zero-order chi connectivity index (χ0) is 14.2. The Balaban J connectivity index is 2.38. The third kappa shape index (κ3) is 2.42. The van der Waals surface area contributed by atoms with Crippen LogP contribution in [0.2, 0.25) is 0 Å². The van der Waals surface area contributed by atoms with Crippen LogP contribution in [0.1, 0.15) is 23.7 Å². The first kappa shape index (κ1) is 13.1. The number of aromatic nitrogens is 1. The lowest BCUT2D eigenvalue weighted by Crippen LogP contribution is -2.15. The van der Waals surface area contributed by atoms with E-state index in [9.17, 15) is 14.4 Å². The molecule has 1 heterocycles. The molecule has 0 fully saturated rings. The van der Waals surface area contributed by atoms with Crippen LogP contribution in [0, 0.1) is 5.92 Å². The smallest absolute Gasteiger partial charge is 0.419 e. The number of ketones is 1. The summed E-state index contributed by atoms with van der Waals surface area (Å²) in [5.41, 5.74) is 1.25. The number of carbonyl (C=O) groups excluding carboxylic acids is 1. The minimum Gasteiger partial charge on any atom is -0.481 e. The van der Waals surface area contributed by atoms with E-state index in [2.05, 4.69) is 0 Å². The normalized spacial score (nSPS) is 12.5. The van der Waals surface area contributed by atoms with Crippen molar-refractivity contribution >= 4 is 22.9 Å². The predicted octanol–water partition coefficient (Wildman–Crippen LogP) is 1.43. The molecule has 0 saturated heterocycles. The second-order valence-electron chi connectivity index (χ2n) is 4.47. The lowest BCUT2D eigenvalue weighted by atomic mass is 9.96. The summed E-state index contributed by atoms with van der Waals surface area (Å²) in [6, 6.07) is 4.65. The molecule has 0 radical (unpaired) electrons. The third-order valence-corrected chi connectivity index (χ3v) is 3.01. The predicted molar refractivity (Wildman–Crippen MR) is 67.2 cm³/mol. The number of rotatable bonds is 4. The van der Waals surface area contributed by atoms with Gasteiger partial charge in [0.2, 0.25) is 0 Å². The van der Waals surface area contributed by atoms with Gasteiger partial charge in [0.1, 0.15) is 0 Å².